The van der Waals surface area contributed by atoms with E-state index in [1.807, 2.05) is 13.8 Å². The number of fused-ring (bicyclic) bond motifs is 5. The van der Waals surface area contributed by atoms with E-state index in [9.17, 15) is 4.79 Å². The van der Waals surface area contributed by atoms with Gasteiger partial charge in [0.05, 0.1) is 37.1 Å². The van der Waals surface area contributed by atoms with Crippen molar-refractivity contribution in [1.82, 2.24) is 4.90 Å². The molecule has 0 aromatic heterocycles. The second-order valence-corrected chi connectivity index (χ2v) is 16.8. The highest BCUT2D eigenvalue weighted by Crippen LogP contribution is 2.56. The Kier molecular flexibility index (Phi) is 13.9. The van der Waals surface area contributed by atoms with Crippen LogP contribution in [-0.4, -0.2) is 126 Å². The number of allylic oxidation sites excluding steroid dienone is 1. The Hall–Kier alpha value is -1.03. The zero-order chi connectivity index (χ0) is 37.3. The minimum atomic E-state index is -0.579. The molecule has 298 valence electrons. The first kappa shape index (κ1) is 40.6. The van der Waals surface area contributed by atoms with Gasteiger partial charge >= 0.3 is 0 Å². The van der Waals surface area contributed by atoms with Gasteiger partial charge in [-0.1, -0.05) is 19.9 Å². The summed E-state index contributed by atoms with van der Waals surface area (Å²) >= 11 is 0. The zero-order valence-corrected chi connectivity index (χ0v) is 33.1. The summed E-state index contributed by atoms with van der Waals surface area (Å²) < 4.78 is 43.6. The Morgan fingerprint density at radius 3 is 2.31 bits per heavy atom. The van der Waals surface area contributed by atoms with E-state index in [4.69, 9.17) is 48.7 Å². The first-order valence-electron chi connectivity index (χ1n) is 20.2. The number of methoxy groups -OCH3 is 3. The number of carbonyl (C=O) groups is 1. The molecule has 5 fully saturated rings. The van der Waals surface area contributed by atoms with Crippen molar-refractivity contribution in [2.24, 2.45) is 41.2 Å². The van der Waals surface area contributed by atoms with Crippen molar-refractivity contribution >= 4 is 5.78 Å². The Balaban J connectivity index is 1.20. The number of nitrogens with two attached hydrogens (primary N) is 1. The maximum atomic E-state index is 14.7. The fourth-order valence-corrected chi connectivity index (χ4v) is 10.8. The summed E-state index contributed by atoms with van der Waals surface area (Å²) in [5.41, 5.74) is 7.92. The molecule has 0 aromatic carbocycles. The van der Waals surface area contributed by atoms with Gasteiger partial charge in [-0.2, -0.15) is 0 Å². The number of nitrogens with zero attached hydrogens (tertiary/aromatic N) is 1. The highest BCUT2D eigenvalue weighted by molar-refractivity contribution is 5.98. The number of ether oxygens (including phenoxy) is 7. The SMILES string of the molecule is CC[C@H]1CCC[C@H](O[C@H]2CC[C@H](N(C)C)C(C)O2)[C@@H](C)C(=O)C2=C[C@H]3[C@@H]4C[C@H](O[C@@H]5OC(C)[C@H](OC)C(OC)C5OC)C[C@H]4CC(N)[C@H]3[C@@H]2COO1. The third-order valence-electron chi connectivity index (χ3n) is 13.6. The lowest BCUT2D eigenvalue weighted by molar-refractivity contribution is -0.332. The van der Waals surface area contributed by atoms with Crippen LogP contribution in [-0.2, 0) is 47.7 Å². The van der Waals surface area contributed by atoms with E-state index in [1.54, 1.807) is 21.3 Å². The lowest BCUT2D eigenvalue weighted by atomic mass is 9.64. The first-order valence-corrected chi connectivity index (χ1v) is 20.2. The molecule has 12 heteroatoms. The summed E-state index contributed by atoms with van der Waals surface area (Å²) in [6, 6.07) is 0.279. The van der Waals surface area contributed by atoms with E-state index in [2.05, 4.69) is 38.9 Å². The van der Waals surface area contributed by atoms with Gasteiger partial charge in [0, 0.05) is 45.2 Å². The molecule has 6 rings (SSSR count). The predicted molar refractivity (Wildman–Crippen MR) is 194 cm³/mol. The molecule has 5 unspecified atom stereocenters. The van der Waals surface area contributed by atoms with Gasteiger partial charge in [-0.15, -0.1) is 0 Å². The minimum Gasteiger partial charge on any atom is -0.376 e. The van der Waals surface area contributed by atoms with Gasteiger partial charge in [0.2, 0.25) is 0 Å². The van der Waals surface area contributed by atoms with Crippen LogP contribution in [0.25, 0.3) is 0 Å². The Morgan fingerprint density at radius 1 is 0.885 bits per heavy atom. The molecule has 0 spiro atoms. The van der Waals surface area contributed by atoms with Crippen LogP contribution in [0.5, 0.6) is 0 Å². The molecule has 6 aliphatic rings. The average molecular weight is 737 g/mol. The minimum absolute atomic E-state index is 0.0165. The molecule has 3 heterocycles. The van der Waals surface area contributed by atoms with Crippen molar-refractivity contribution in [2.75, 3.05) is 42.0 Å². The van der Waals surface area contributed by atoms with E-state index in [-0.39, 0.29) is 84.5 Å². The van der Waals surface area contributed by atoms with Crippen LogP contribution in [0, 0.1) is 35.5 Å². The van der Waals surface area contributed by atoms with E-state index < -0.39 is 12.4 Å². The maximum absolute atomic E-state index is 14.7. The van der Waals surface area contributed by atoms with Crippen LogP contribution in [0.1, 0.15) is 85.5 Å². The summed E-state index contributed by atoms with van der Waals surface area (Å²) in [5, 5.41) is 0. The predicted octanol–water partition coefficient (Wildman–Crippen LogP) is 4.66. The topological polar surface area (TPSA) is 129 Å². The smallest absolute Gasteiger partial charge is 0.187 e. The van der Waals surface area contributed by atoms with Gasteiger partial charge in [0.1, 0.15) is 18.3 Å². The van der Waals surface area contributed by atoms with Gasteiger partial charge < -0.3 is 43.8 Å². The number of rotatable bonds is 9. The number of carbonyl (C=O) groups excluding carboxylic acids is 1. The van der Waals surface area contributed by atoms with Crippen LogP contribution in [0.4, 0.5) is 0 Å². The highest BCUT2D eigenvalue weighted by atomic mass is 17.2. The van der Waals surface area contributed by atoms with Crippen LogP contribution in [0.3, 0.4) is 0 Å². The number of hydrogen-bond acceptors (Lipinski definition) is 12. The summed E-state index contributed by atoms with van der Waals surface area (Å²) in [5.74, 6) is 0.610. The van der Waals surface area contributed by atoms with Crippen molar-refractivity contribution in [3.05, 3.63) is 11.6 Å². The molecule has 2 saturated carbocycles. The van der Waals surface area contributed by atoms with Crippen molar-refractivity contribution in [3.8, 4) is 0 Å². The summed E-state index contributed by atoms with van der Waals surface area (Å²) in [4.78, 5) is 29.0. The van der Waals surface area contributed by atoms with Gasteiger partial charge in [0.25, 0.3) is 0 Å². The molecule has 3 saturated heterocycles. The molecular weight excluding hydrogens is 668 g/mol. The molecule has 0 radical (unpaired) electrons. The molecule has 3 aliphatic carbocycles. The number of Topliss-reactive ketones (excluding diaryl/α,β-unsaturated/α-hetero) is 1. The summed E-state index contributed by atoms with van der Waals surface area (Å²) in [6.07, 6.45) is 7.65. The lowest BCUT2D eigenvalue weighted by Gasteiger charge is -2.44. The monoisotopic (exact) mass is 736 g/mol. The molecule has 0 aromatic rings. The number of ketones is 1. The number of hydrogen-bond donors (Lipinski definition) is 1. The Morgan fingerprint density at radius 2 is 1.63 bits per heavy atom. The van der Waals surface area contributed by atoms with Crippen LogP contribution in [0.15, 0.2) is 11.6 Å². The fourth-order valence-electron chi connectivity index (χ4n) is 10.8. The molecule has 3 aliphatic heterocycles. The average Bonchev–Trinajstić information content (AvgIpc) is 3.70. The van der Waals surface area contributed by atoms with Crippen LogP contribution in [0.2, 0.25) is 0 Å². The van der Waals surface area contributed by atoms with Crippen molar-refractivity contribution in [3.63, 3.8) is 0 Å². The molecule has 12 nitrogen and oxygen atoms in total. The third-order valence-corrected chi connectivity index (χ3v) is 13.6. The lowest BCUT2D eigenvalue weighted by Crippen LogP contribution is -2.59. The summed E-state index contributed by atoms with van der Waals surface area (Å²) in [6.45, 7) is 8.59. The van der Waals surface area contributed by atoms with Crippen LogP contribution >= 0.6 is 0 Å². The molecule has 2 N–H and O–H groups in total. The van der Waals surface area contributed by atoms with Gasteiger partial charge in [-0.05, 0) is 115 Å². The van der Waals surface area contributed by atoms with Gasteiger partial charge in [0.15, 0.2) is 18.4 Å². The third kappa shape index (κ3) is 8.38. The summed E-state index contributed by atoms with van der Waals surface area (Å²) in [7, 11) is 9.20. The van der Waals surface area contributed by atoms with E-state index in [1.165, 1.54) is 0 Å². The molecule has 52 heavy (non-hydrogen) atoms. The molecule has 0 amide bonds. The first-order chi connectivity index (χ1) is 25.0. The van der Waals surface area contributed by atoms with Gasteiger partial charge in [-0.3, -0.25) is 4.79 Å². The Bertz CT molecular complexity index is 1200. The zero-order valence-electron chi connectivity index (χ0n) is 33.1. The van der Waals surface area contributed by atoms with E-state index >= 15 is 0 Å². The molecular formula is C40H68N2O10. The maximum Gasteiger partial charge on any atom is 0.187 e. The fraction of sp³-hybridized carbons (Fsp3) is 0.925. The standard InChI is InChI=1S/C40H68N2O10/c1-10-25-12-11-13-33(51-34-15-14-32(42(5)6)22(3)48-34)21(2)36(43)29-19-28-27-18-26(16-24(27)17-31(41)35(28)30(29)20-47-52-25)50-40-39(46-9)38(45-8)37(44-7)23(4)49-40/h19,21-28,30-35,37-40H,10-18,20,41H2,1-9H3/t21-,22?,23?,24+,25+,26-,27-,28+,30-,31?,32+,33+,34+,35-,37+,38?,39?,40+/m1/s1. The largest absolute Gasteiger partial charge is 0.376 e. The Labute approximate surface area is 311 Å². The second kappa shape index (κ2) is 17.8. The van der Waals surface area contributed by atoms with Crippen LogP contribution < -0.4 is 5.73 Å². The normalized spacial score (nSPS) is 47.6. The quantitative estimate of drug-likeness (QED) is 0.331. The second-order valence-electron chi connectivity index (χ2n) is 16.8. The van der Waals surface area contributed by atoms with E-state index in [0.717, 1.165) is 63.4 Å². The van der Waals surface area contributed by atoms with Gasteiger partial charge in [-0.25, -0.2) is 9.78 Å². The highest BCUT2D eigenvalue weighted by Gasteiger charge is 2.56. The van der Waals surface area contributed by atoms with Crippen molar-refractivity contribution in [2.45, 2.75) is 159 Å². The molecule has 18 atom stereocenters. The van der Waals surface area contributed by atoms with Crippen molar-refractivity contribution in [1.29, 1.82) is 0 Å². The van der Waals surface area contributed by atoms with Crippen molar-refractivity contribution < 1.29 is 47.7 Å². The van der Waals surface area contributed by atoms with E-state index in [0.29, 0.717) is 24.5 Å². The number of likely N-dealkylation sites (N-methyl/N-ethyl adjacent to an activating group) is 1. The molecule has 0 bridgehead atoms.